The second-order valence-corrected chi connectivity index (χ2v) is 10.1. The number of rotatable bonds is 4. The number of phenols is 1. The van der Waals surface area contributed by atoms with E-state index in [4.69, 9.17) is 5.11 Å². The third-order valence-electron chi connectivity index (χ3n) is 7.39. The summed E-state index contributed by atoms with van der Waals surface area (Å²) < 4.78 is 0. The molecule has 2 aliphatic rings. The van der Waals surface area contributed by atoms with Gasteiger partial charge in [0.1, 0.15) is 17.0 Å². The number of aromatic amines is 1. The number of phenolic OH excluding ortho intramolecular Hbond substituents is 1. The predicted octanol–water partition coefficient (Wildman–Crippen LogP) is 2.45. The summed E-state index contributed by atoms with van der Waals surface area (Å²) in [5, 5.41) is 32.8. The summed E-state index contributed by atoms with van der Waals surface area (Å²) in [6, 6.07) is 13.3. The molecular formula is C29H33ClN6O6. The average Bonchev–Trinajstić information content (AvgIpc) is 2.98. The maximum Gasteiger partial charge on any atom is 0.354 e. The van der Waals surface area contributed by atoms with Crippen molar-refractivity contribution < 1.29 is 24.9 Å². The number of para-hydroxylation sites is 2. The molecule has 6 rings (SSSR count). The van der Waals surface area contributed by atoms with Crippen molar-refractivity contribution in [2.24, 2.45) is 0 Å². The maximum atomic E-state index is 12.0. The first kappa shape index (κ1) is 30.6. The zero-order valence-electron chi connectivity index (χ0n) is 23.0. The van der Waals surface area contributed by atoms with E-state index in [1.165, 1.54) is 6.07 Å². The number of H-pyrrole nitrogens is 1. The molecule has 0 bridgehead atoms. The quantitative estimate of drug-likeness (QED) is 0.235. The van der Waals surface area contributed by atoms with Crippen LogP contribution in [-0.2, 0) is 0 Å². The standard InChI is InChI=1S/C15H17N3O3.C14H15N3O3.ClH/c1-17-5-7-18(8-6-17)12-9-11(15(20)21)16-14-10(12)3-2-4-13(14)19;18-12-8-10(14(19)20)16-13-9(12)2-1-3-11(13)17-6-4-15-5-7-17;/h2-4,9,19H,5-8H2,1H3,(H,20,21);1-3,8,15H,4-7H2,(H,16,18)(H,19,20);1H. The minimum absolute atomic E-state index is 0. The van der Waals surface area contributed by atoms with Gasteiger partial charge in [0.25, 0.3) is 0 Å². The molecule has 0 radical (unpaired) electrons. The molecule has 42 heavy (non-hydrogen) atoms. The fourth-order valence-corrected chi connectivity index (χ4v) is 5.17. The molecule has 2 aromatic carbocycles. The third-order valence-corrected chi connectivity index (χ3v) is 7.39. The van der Waals surface area contributed by atoms with Gasteiger partial charge in [0.2, 0.25) is 0 Å². The molecule has 2 fully saturated rings. The fraction of sp³-hybridized carbons (Fsp3) is 0.310. The molecule has 12 nitrogen and oxygen atoms in total. The number of likely N-dealkylation sites (N-methyl/N-ethyl adjacent to an activating group) is 1. The zero-order valence-corrected chi connectivity index (χ0v) is 23.9. The number of carboxylic acids is 2. The number of benzene rings is 2. The first-order valence-corrected chi connectivity index (χ1v) is 13.4. The van der Waals surface area contributed by atoms with Crippen molar-refractivity contribution in [2.75, 3.05) is 69.2 Å². The molecule has 5 N–H and O–H groups in total. The van der Waals surface area contributed by atoms with Crippen LogP contribution < -0.4 is 20.5 Å². The number of anilines is 2. The Hall–Kier alpha value is -4.39. The Morgan fingerprint density at radius 3 is 2.14 bits per heavy atom. The van der Waals surface area contributed by atoms with Gasteiger partial charge in [-0.1, -0.05) is 18.2 Å². The zero-order chi connectivity index (χ0) is 29.1. The van der Waals surface area contributed by atoms with Gasteiger partial charge in [-0.25, -0.2) is 14.6 Å². The monoisotopic (exact) mass is 596 g/mol. The number of hydrogen-bond acceptors (Lipinski definition) is 9. The van der Waals surface area contributed by atoms with E-state index in [-0.39, 0.29) is 35.0 Å². The molecule has 0 atom stereocenters. The lowest BCUT2D eigenvalue weighted by atomic mass is 10.1. The largest absolute Gasteiger partial charge is 0.506 e. The van der Waals surface area contributed by atoms with Crippen LogP contribution in [0.4, 0.5) is 11.4 Å². The number of carbonyl (C=O) groups is 2. The van der Waals surface area contributed by atoms with Crippen LogP contribution in [-0.4, -0.2) is 102 Å². The van der Waals surface area contributed by atoms with Crippen LogP contribution in [0.1, 0.15) is 21.0 Å². The maximum absolute atomic E-state index is 12.0. The summed E-state index contributed by atoms with van der Waals surface area (Å²) in [6.45, 7) is 6.90. The van der Waals surface area contributed by atoms with Crippen molar-refractivity contribution in [1.82, 2.24) is 20.2 Å². The van der Waals surface area contributed by atoms with E-state index in [9.17, 15) is 24.6 Å². The molecule has 4 heterocycles. The first-order valence-electron chi connectivity index (χ1n) is 13.4. The molecule has 0 aliphatic carbocycles. The Labute approximate surface area is 247 Å². The Balaban J connectivity index is 0.000000189. The van der Waals surface area contributed by atoms with E-state index < -0.39 is 11.9 Å². The van der Waals surface area contributed by atoms with E-state index in [1.807, 2.05) is 18.2 Å². The minimum Gasteiger partial charge on any atom is -0.506 e. The normalized spacial score (nSPS) is 15.5. The number of hydrogen-bond donors (Lipinski definition) is 5. The smallest absolute Gasteiger partial charge is 0.354 e. The molecule has 2 aliphatic heterocycles. The van der Waals surface area contributed by atoms with E-state index in [2.05, 4.69) is 37.0 Å². The molecular weight excluding hydrogens is 564 g/mol. The highest BCUT2D eigenvalue weighted by atomic mass is 35.5. The second-order valence-electron chi connectivity index (χ2n) is 10.1. The summed E-state index contributed by atoms with van der Waals surface area (Å²) in [7, 11) is 2.07. The molecule has 0 spiro atoms. The highest BCUT2D eigenvalue weighted by Crippen LogP contribution is 2.32. The van der Waals surface area contributed by atoms with Crippen molar-refractivity contribution >= 4 is 57.5 Å². The molecule has 0 amide bonds. The Bertz CT molecular complexity index is 1660. The van der Waals surface area contributed by atoms with Crippen molar-refractivity contribution in [1.29, 1.82) is 0 Å². The molecule has 13 heteroatoms. The van der Waals surface area contributed by atoms with Crippen molar-refractivity contribution in [2.45, 2.75) is 0 Å². The van der Waals surface area contributed by atoms with Gasteiger partial charge in [-0.2, -0.15) is 0 Å². The molecule has 0 unspecified atom stereocenters. The van der Waals surface area contributed by atoms with Gasteiger partial charge in [-0.3, -0.25) is 4.79 Å². The SMILES string of the molecule is CN1CCN(c2cc(C(=O)O)nc3c(O)cccc23)CC1.Cl.O=C(O)c1cc(=O)c2cccc(N3CCNCC3)c2[nH]1. The van der Waals surface area contributed by atoms with Gasteiger partial charge in [0.15, 0.2) is 11.1 Å². The molecule has 0 saturated carbocycles. The number of aromatic hydroxyl groups is 1. The summed E-state index contributed by atoms with van der Waals surface area (Å²) in [4.78, 5) is 47.9. The van der Waals surface area contributed by atoms with Gasteiger partial charge < -0.3 is 40.3 Å². The fourth-order valence-electron chi connectivity index (χ4n) is 5.17. The first-order chi connectivity index (χ1) is 19.7. The van der Waals surface area contributed by atoms with Crippen molar-refractivity contribution in [3.8, 4) is 5.75 Å². The van der Waals surface area contributed by atoms with Gasteiger partial charge >= 0.3 is 11.9 Å². The second kappa shape index (κ2) is 13.1. The Kier molecular flexibility index (Phi) is 9.51. The molecule has 2 saturated heterocycles. The number of nitrogens with one attached hydrogen (secondary N) is 2. The van der Waals surface area contributed by atoms with Crippen LogP contribution >= 0.6 is 12.4 Å². The van der Waals surface area contributed by atoms with Gasteiger partial charge in [-0.15, -0.1) is 12.4 Å². The lowest BCUT2D eigenvalue weighted by Gasteiger charge is -2.34. The van der Waals surface area contributed by atoms with E-state index >= 15 is 0 Å². The summed E-state index contributed by atoms with van der Waals surface area (Å²) in [5.41, 5.74) is 2.24. The van der Waals surface area contributed by atoms with Crippen LogP contribution in [0, 0.1) is 0 Å². The number of fused-ring (bicyclic) bond motifs is 2. The number of aromatic carboxylic acids is 2. The van der Waals surface area contributed by atoms with Crippen LogP contribution in [0.2, 0.25) is 0 Å². The topological polar surface area (TPSA) is 162 Å². The van der Waals surface area contributed by atoms with E-state index in [1.54, 1.807) is 18.2 Å². The van der Waals surface area contributed by atoms with Crippen molar-refractivity contribution in [3.63, 3.8) is 0 Å². The lowest BCUT2D eigenvalue weighted by molar-refractivity contribution is 0.0680. The van der Waals surface area contributed by atoms with Gasteiger partial charge in [0.05, 0.1) is 11.2 Å². The average molecular weight is 597 g/mol. The third kappa shape index (κ3) is 6.40. The number of halogens is 1. The predicted molar refractivity (Wildman–Crippen MR) is 164 cm³/mol. The summed E-state index contributed by atoms with van der Waals surface area (Å²) in [6.07, 6.45) is 0. The Morgan fingerprint density at radius 2 is 1.48 bits per heavy atom. The molecule has 4 aromatic rings. The minimum atomic E-state index is -1.13. The number of aromatic nitrogens is 2. The van der Waals surface area contributed by atoms with Crippen LogP contribution in [0.5, 0.6) is 5.75 Å². The number of carboxylic acid groups (broad SMARTS) is 2. The number of pyridine rings is 2. The van der Waals surface area contributed by atoms with Crippen LogP contribution in [0.3, 0.4) is 0 Å². The summed E-state index contributed by atoms with van der Waals surface area (Å²) >= 11 is 0. The van der Waals surface area contributed by atoms with E-state index in [0.29, 0.717) is 16.4 Å². The number of piperazine rings is 2. The van der Waals surface area contributed by atoms with Crippen LogP contribution in [0.15, 0.2) is 53.3 Å². The van der Waals surface area contributed by atoms with Crippen molar-refractivity contribution in [3.05, 3.63) is 70.1 Å². The molecule has 222 valence electrons. The lowest BCUT2D eigenvalue weighted by Crippen LogP contribution is -2.44. The Morgan fingerprint density at radius 1 is 0.833 bits per heavy atom. The highest BCUT2D eigenvalue weighted by Gasteiger charge is 2.20. The van der Waals surface area contributed by atoms with E-state index in [0.717, 1.165) is 75.2 Å². The van der Waals surface area contributed by atoms with Gasteiger partial charge in [-0.05, 0) is 31.3 Å². The van der Waals surface area contributed by atoms with Crippen LogP contribution in [0.25, 0.3) is 21.8 Å². The number of nitrogens with zero attached hydrogens (tertiary/aromatic N) is 4. The summed E-state index contributed by atoms with van der Waals surface area (Å²) in [5.74, 6) is -2.21. The highest BCUT2D eigenvalue weighted by molar-refractivity contribution is 6.00. The van der Waals surface area contributed by atoms with Gasteiger partial charge in [0, 0.05) is 74.9 Å². The molecule has 2 aromatic heterocycles.